The molecule has 0 aromatic heterocycles. The second kappa shape index (κ2) is 10.1. The van der Waals surface area contributed by atoms with Gasteiger partial charge < -0.3 is 20.3 Å². The van der Waals surface area contributed by atoms with Gasteiger partial charge in [0.05, 0.1) is 7.11 Å². The van der Waals surface area contributed by atoms with Crippen LogP contribution in [-0.4, -0.2) is 42.8 Å². The number of nitrogens with one attached hydrogen (secondary N) is 2. The molecule has 2 aromatic rings. The van der Waals surface area contributed by atoms with Gasteiger partial charge in [-0.15, -0.1) is 0 Å². The molecule has 0 bridgehead atoms. The van der Waals surface area contributed by atoms with Crippen molar-refractivity contribution in [1.29, 1.82) is 0 Å². The van der Waals surface area contributed by atoms with Gasteiger partial charge in [0, 0.05) is 36.0 Å². The molecule has 2 N–H and O–H groups in total. The average molecular weight is 383 g/mol. The first-order valence-electron chi connectivity index (χ1n) is 9.09. The van der Waals surface area contributed by atoms with Crippen LogP contribution in [0, 0.1) is 0 Å². The van der Waals surface area contributed by atoms with Crippen molar-refractivity contribution < 1.29 is 19.1 Å². The summed E-state index contributed by atoms with van der Waals surface area (Å²) in [5.74, 6) is -0.0865. The maximum Gasteiger partial charge on any atom is 0.254 e. The van der Waals surface area contributed by atoms with E-state index in [0.29, 0.717) is 35.7 Å². The van der Waals surface area contributed by atoms with Gasteiger partial charge in [0.25, 0.3) is 5.91 Å². The molecule has 28 heavy (non-hydrogen) atoms. The van der Waals surface area contributed by atoms with Crippen LogP contribution in [0.5, 0.6) is 5.75 Å². The van der Waals surface area contributed by atoms with Crippen LogP contribution in [0.2, 0.25) is 0 Å². The molecule has 0 unspecified atom stereocenters. The van der Waals surface area contributed by atoms with E-state index in [1.54, 1.807) is 69.5 Å². The Kier molecular flexibility index (Phi) is 7.56. The molecule has 0 atom stereocenters. The van der Waals surface area contributed by atoms with Gasteiger partial charge in [-0.05, 0) is 37.3 Å². The Morgan fingerprint density at radius 3 is 2.21 bits per heavy atom. The minimum atomic E-state index is -0.307. The van der Waals surface area contributed by atoms with E-state index in [-0.39, 0.29) is 24.3 Å². The third-order valence-electron chi connectivity index (χ3n) is 4.07. The molecule has 2 rings (SSSR count). The number of carbonyl (C=O) groups is 3. The SMILES string of the molecule is CCC(=O)Nc1cccc(C(=O)N(CC)CC(=O)Nc2cccc(OC)c2)c1. The third-order valence-corrected chi connectivity index (χ3v) is 4.07. The van der Waals surface area contributed by atoms with Gasteiger partial charge in [-0.1, -0.05) is 19.1 Å². The van der Waals surface area contributed by atoms with E-state index < -0.39 is 0 Å². The molecule has 0 heterocycles. The lowest BCUT2D eigenvalue weighted by atomic mass is 10.1. The second-order valence-corrected chi connectivity index (χ2v) is 6.08. The quantitative estimate of drug-likeness (QED) is 0.733. The molecular formula is C21H25N3O4. The highest BCUT2D eigenvalue weighted by molar-refractivity contribution is 6.00. The third kappa shape index (κ3) is 5.84. The van der Waals surface area contributed by atoms with Gasteiger partial charge in [0.2, 0.25) is 11.8 Å². The normalized spacial score (nSPS) is 10.1. The minimum Gasteiger partial charge on any atom is -0.497 e. The van der Waals surface area contributed by atoms with Gasteiger partial charge in [-0.25, -0.2) is 0 Å². The summed E-state index contributed by atoms with van der Waals surface area (Å²) in [5, 5.41) is 5.49. The molecule has 0 aliphatic heterocycles. The standard InChI is InChI=1S/C21H25N3O4/c1-4-19(25)22-16-9-6-8-15(12-16)21(27)24(5-2)14-20(26)23-17-10-7-11-18(13-17)28-3/h6-13H,4-5,14H2,1-3H3,(H,22,25)(H,23,26). The maximum absolute atomic E-state index is 12.8. The fraction of sp³-hybridized carbons (Fsp3) is 0.286. The number of amides is 3. The Morgan fingerprint density at radius 2 is 1.57 bits per heavy atom. The summed E-state index contributed by atoms with van der Waals surface area (Å²) >= 11 is 0. The van der Waals surface area contributed by atoms with E-state index in [0.717, 1.165) is 0 Å². The van der Waals surface area contributed by atoms with Gasteiger partial charge in [-0.3, -0.25) is 14.4 Å². The molecule has 0 spiro atoms. The molecule has 2 aromatic carbocycles. The monoisotopic (exact) mass is 383 g/mol. The van der Waals surface area contributed by atoms with Crippen LogP contribution in [0.25, 0.3) is 0 Å². The lowest BCUT2D eigenvalue weighted by molar-refractivity contribution is -0.117. The lowest BCUT2D eigenvalue weighted by Gasteiger charge is -2.21. The highest BCUT2D eigenvalue weighted by Gasteiger charge is 2.18. The summed E-state index contributed by atoms with van der Waals surface area (Å²) in [4.78, 5) is 38.1. The largest absolute Gasteiger partial charge is 0.497 e. The summed E-state index contributed by atoms with van der Waals surface area (Å²) in [6.07, 6.45) is 0.351. The van der Waals surface area contributed by atoms with E-state index >= 15 is 0 Å². The molecule has 0 aliphatic carbocycles. The highest BCUT2D eigenvalue weighted by atomic mass is 16.5. The van der Waals surface area contributed by atoms with Crippen LogP contribution >= 0.6 is 0 Å². The van der Waals surface area contributed by atoms with Crippen LogP contribution < -0.4 is 15.4 Å². The van der Waals surface area contributed by atoms with Crippen molar-refractivity contribution in [2.24, 2.45) is 0 Å². The number of hydrogen-bond acceptors (Lipinski definition) is 4. The zero-order chi connectivity index (χ0) is 20.5. The molecule has 0 saturated carbocycles. The van der Waals surface area contributed by atoms with E-state index in [1.807, 2.05) is 0 Å². The van der Waals surface area contributed by atoms with E-state index in [2.05, 4.69) is 10.6 Å². The second-order valence-electron chi connectivity index (χ2n) is 6.08. The predicted octanol–water partition coefficient (Wildman–Crippen LogP) is 3.14. The van der Waals surface area contributed by atoms with Gasteiger partial charge in [0.1, 0.15) is 12.3 Å². The number of anilines is 2. The van der Waals surface area contributed by atoms with Crippen molar-refractivity contribution in [2.75, 3.05) is 30.8 Å². The summed E-state index contributed by atoms with van der Waals surface area (Å²) < 4.78 is 5.14. The van der Waals surface area contributed by atoms with E-state index in [1.165, 1.54) is 4.90 Å². The van der Waals surface area contributed by atoms with Crippen molar-refractivity contribution in [3.63, 3.8) is 0 Å². The van der Waals surface area contributed by atoms with Gasteiger partial charge in [0.15, 0.2) is 0 Å². The molecule has 148 valence electrons. The average Bonchev–Trinajstić information content (AvgIpc) is 2.71. The number of methoxy groups -OCH3 is 1. The van der Waals surface area contributed by atoms with Crippen molar-refractivity contribution in [3.8, 4) is 5.75 Å². The summed E-state index contributed by atoms with van der Waals surface area (Å²) in [6, 6.07) is 13.7. The first-order valence-corrected chi connectivity index (χ1v) is 9.09. The molecule has 3 amide bonds. The van der Waals surface area contributed by atoms with E-state index in [4.69, 9.17) is 4.74 Å². The van der Waals surface area contributed by atoms with Gasteiger partial charge in [-0.2, -0.15) is 0 Å². The fourth-order valence-electron chi connectivity index (χ4n) is 2.56. The molecule has 0 fully saturated rings. The number of carbonyl (C=O) groups excluding carboxylic acids is 3. The topological polar surface area (TPSA) is 87.7 Å². The smallest absolute Gasteiger partial charge is 0.254 e. The van der Waals surface area contributed by atoms with Crippen molar-refractivity contribution >= 4 is 29.1 Å². The lowest BCUT2D eigenvalue weighted by Crippen LogP contribution is -2.37. The van der Waals surface area contributed by atoms with Crippen LogP contribution in [0.3, 0.4) is 0 Å². The number of benzene rings is 2. The number of likely N-dealkylation sites (N-methyl/N-ethyl adjacent to an activating group) is 1. The Balaban J connectivity index is 2.05. The zero-order valence-electron chi connectivity index (χ0n) is 16.3. The molecule has 0 saturated heterocycles. The Bertz CT molecular complexity index is 851. The highest BCUT2D eigenvalue weighted by Crippen LogP contribution is 2.17. The molecule has 7 heteroatoms. The Morgan fingerprint density at radius 1 is 0.929 bits per heavy atom. The van der Waals surface area contributed by atoms with Crippen LogP contribution in [0.15, 0.2) is 48.5 Å². The molecular weight excluding hydrogens is 358 g/mol. The zero-order valence-corrected chi connectivity index (χ0v) is 16.3. The van der Waals surface area contributed by atoms with E-state index in [9.17, 15) is 14.4 Å². The Hall–Kier alpha value is -3.35. The summed E-state index contributed by atoms with van der Waals surface area (Å²) in [6.45, 7) is 3.84. The predicted molar refractivity (Wildman–Crippen MR) is 109 cm³/mol. The first kappa shape index (κ1) is 21.0. The van der Waals surface area contributed by atoms with Gasteiger partial charge >= 0.3 is 0 Å². The molecule has 0 aliphatic rings. The number of ether oxygens (including phenoxy) is 1. The fourth-order valence-corrected chi connectivity index (χ4v) is 2.56. The maximum atomic E-state index is 12.8. The number of hydrogen-bond donors (Lipinski definition) is 2. The van der Waals surface area contributed by atoms with Crippen LogP contribution in [-0.2, 0) is 9.59 Å². The number of nitrogens with zero attached hydrogens (tertiary/aromatic N) is 1. The number of rotatable bonds is 8. The van der Waals surface area contributed by atoms with Crippen LogP contribution in [0.4, 0.5) is 11.4 Å². The van der Waals surface area contributed by atoms with Crippen molar-refractivity contribution in [1.82, 2.24) is 4.90 Å². The van der Waals surface area contributed by atoms with Crippen molar-refractivity contribution in [3.05, 3.63) is 54.1 Å². The van der Waals surface area contributed by atoms with Crippen molar-refractivity contribution in [2.45, 2.75) is 20.3 Å². The molecule has 7 nitrogen and oxygen atoms in total. The summed E-state index contributed by atoms with van der Waals surface area (Å²) in [5.41, 5.74) is 1.55. The first-order chi connectivity index (χ1) is 13.5. The molecule has 0 radical (unpaired) electrons. The summed E-state index contributed by atoms with van der Waals surface area (Å²) in [7, 11) is 1.55. The minimum absolute atomic E-state index is 0.0852. The van der Waals surface area contributed by atoms with Crippen LogP contribution in [0.1, 0.15) is 30.6 Å². The Labute approximate surface area is 164 Å².